The highest BCUT2D eigenvalue weighted by molar-refractivity contribution is 7.71. The number of hydrogen-bond donors (Lipinski definition) is 2. The Hall–Kier alpha value is -1.33. The van der Waals surface area contributed by atoms with Crippen molar-refractivity contribution in [3.63, 3.8) is 0 Å². The molecular weight excluding hydrogens is 258 g/mol. The monoisotopic (exact) mass is 267 g/mol. The molecule has 1 aliphatic rings. The number of amides is 1. The van der Waals surface area contributed by atoms with Crippen molar-refractivity contribution in [3.05, 3.63) is 28.0 Å². The third kappa shape index (κ3) is 1.75. The lowest BCUT2D eigenvalue weighted by atomic mass is 10.2. The Morgan fingerprint density at radius 3 is 3.00 bits per heavy atom. The van der Waals surface area contributed by atoms with E-state index in [9.17, 15) is 4.79 Å². The molecule has 0 radical (unpaired) electrons. The van der Waals surface area contributed by atoms with Gasteiger partial charge in [0.15, 0.2) is 4.77 Å². The van der Waals surface area contributed by atoms with Crippen molar-refractivity contribution in [2.75, 3.05) is 6.54 Å². The predicted octanol–water partition coefficient (Wildman–Crippen LogP) is 2.41. The molecular formula is C11H10ClN3OS. The second kappa shape index (κ2) is 3.85. The maximum absolute atomic E-state index is 11.3. The number of aromatic nitrogens is 2. The molecule has 2 aromatic rings. The molecule has 0 aliphatic carbocycles. The summed E-state index contributed by atoms with van der Waals surface area (Å²) < 4.78 is 2.61. The van der Waals surface area contributed by atoms with Crippen LogP contribution in [0.4, 0.5) is 0 Å². The number of nitrogens with zero attached hydrogens (tertiary/aromatic N) is 1. The summed E-state index contributed by atoms with van der Waals surface area (Å²) in [5, 5.41) is 3.48. The molecule has 2 heterocycles. The van der Waals surface area contributed by atoms with Gasteiger partial charge in [0, 0.05) is 18.0 Å². The Kier molecular flexibility index (Phi) is 2.45. The molecule has 1 unspecified atom stereocenters. The highest BCUT2D eigenvalue weighted by Crippen LogP contribution is 2.25. The number of carbonyl (C=O) groups is 1. The van der Waals surface area contributed by atoms with Crippen molar-refractivity contribution in [2.45, 2.75) is 12.5 Å². The lowest BCUT2D eigenvalue weighted by Gasteiger charge is -2.10. The van der Waals surface area contributed by atoms with Gasteiger partial charge in [0.1, 0.15) is 0 Å². The molecule has 0 bridgehead atoms. The van der Waals surface area contributed by atoms with Gasteiger partial charge in [-0.05, 0) is 30.4 Å². The molecule has 88 valence electrons. The van der Waals surface area contributed by atoms with Gasteiger partial charge in [-0.3, -0.25) is 4.79 Å². The molecule has 0 spiro atoms. The quantitative estimate of drug-likeness (QED) is 0.780. The van der Waals surface area contributed by atoms with Crippen LogP contribution in [-0.2, 0) is 4.79 Å². The second-order valence-electron chi connectivity index (χ2n) is 4.12. The van der Waals surface area contributed by atoms with Crippen LogP contribution < -0.4 is 5.32 Å². The van der Waals surface area contributed by atoms with Gasteiger partial charge in [-0.25, -0.2) is 0 Å². The predicted molar refractivity (Wildman–Crippen MR) is 68.8 cm³/mol. The smallest absolute Gasteiger partial charge is 0.222 e. The normalized spacial score (nSPS) is 19.8. The molecule has 1 atom stereocenters. The van der Waals surface area contributed by atoms with E-state index >= 15 is 0 Å². The fourth-order valence-corrected chi connectivity index (χ4v) is 2.77. The zero-order chi connectivity index (χ0) is 12.0. The first-order chi connectivity index (χ1) is 8.15. The van der Waals surface area contributed by atoms with Crippen molar-refractivity contribution in [1.82, 2.24) is 14.9 Å². The van der Waals surface area contributed by atoms with E-state index in [1.807, 2.05) is 22.8 Å². The summed E-state index contributed by atoms with van der Waals surface area (Å²) in [6.45, 7) is 0.628. The van der Waals surface area contributed by atoms with Crippen LogP contribution in [0.15, 0.2) is 18.2 Å². The zero-order valence-electron chi connectivity index (χ0n) is 8.87. The Bertz CT molecular complexity index is 660. The fourth-order valence-electron chi connectivity index (χ4n) is 2.24. The number of hydrogen-bond acceptors (Lipinski definition) is 2. The molecule has 1 saturated heterocycles. The van der Waals surface area contributed by atoms with Gasteiger partial charge in [-0.2, -0.15) is 0 Å². The molecule has 1 aromatic carbocycles. The van der Waals surface area contributed by atoms with E-state index in [0.717, 1.165) is 11.0 Å². The average Bonchev–Trinajstić information content (AvgIpc) is 2.80. The van der Waals surface area contributed by atoms with Crippen LogP contribution in [-0.4, -0.2) is 22.0 Å². The summed E-state index contributed by atoms with van der Waals surface area (Å²) in [6.07, 6.45) is 0.476. The van der Waals surface area contributed by atoms with Gasteiger partial charge in [-0.15, -0.1) is 0 Å². The van der Waals surface area contributed by atoms with E-state index in [4.69, 9.17) is 23.8 Å². The van der Waals surface area contributed by atoms with Crippen molar-refractivity contribution in [1.29, 1.82) is 0 Å². The molecule has 6 heteroatoms. The Balaban J connectivity index is 2.19. The van der Waals surface area contributed by atoms with Gasteiger partial charge in [0.25, 0.3) is 0 Å². The van der Waals surface area contributed by atoms with Gasteiger partial charge < -0.3 is 14.9 Å². The maximum atomic E-state index is 11.3. The molecule has 1 aromatic heterocycles. The van der Waals surface area contributed by atoms with Gasteiger partial charge >= 0.3 is 0 Å². The number of nitrogens with one attached hydrogen (secondary N) is 2. The summed E-state index contributed by atoms with van der Waals surface area (Å²) >= 11 is 11.2. The molecule has 3 rings (SSSR count). The van der Waals surface area contributed by atoms with Crippen LogP contribution in [0.5, 0.6) is 0 Å². The van der Waals surface area contributed by atoms with E-state index in [1.54, 1.807) is 0 Å². The van der Waals surface area contributed by atoms with Crippen LogP contribution in [0.25, 0.3) is 11.0 Å². The summed E-state index contributed by atoms with van der Waals surface area (Å²) in [4.78, 5) is 14.4. The van der Waals surface area contributed by atoms with Crippen molar-refractivity contribution in [2.24, 2.45) is 0 Å². The third-order valence-electron chi connectivity index (χ3n) is 3.00. The number of H-pyrrole nitrogens is 1. The number of aromatic amines is 1. The number of halogens is 1. The topological polar surface area (TPSA) is 49.8 Å². The summed E-state index contributed by atoms with van der Waals surface area (Å²) in [6, 6.07) is 5.68. The largest absolute Gasteiger partial charge is 0.354 e. The van der Waals surface area contributed by atoms with E-state index in [1.165, 1.54) is 0 Å². The molecule has 1 amide bonds. The SMILES string of the molecule is O=C1CC(n2c(=S)[nH]c3cc(Cl)ccc32)CN1. The number of benzene rings is 1. The van der Waals surface area contributed by atoms with E-state index in [2.05, 4.69) is 10.3 Å². The highest BCUT2D eigenvalue weighted by Gasteiger charge is 2.24. The molecule has 17 heavy (non-hydrogen) atoms. The van der Waals surface area contributed by atoms with Crippen LogP contribution in [0.1, 0.15) is 12.5 Å². The molecule has 2 N–H and O–H groups in total. The minimum Gasteiger partial charge on any atom is -0.354 e. The lowest BCUT2D eigenvalue weighted by molar-refractivity contribution is -0.119. The molecule has 1 aliphatic heterocycles. The number of fused-ring (bicyclic) bond motifs is 1. The zero-order valence-corrected chi connectivity index (χ0v) is 10.4. The standard InChI is InChI=1S/C11H10ClN3OS/c12-6-1-2-9-8(3-6)14-11(17)15(9)7-4-10(16)13-5-7/h1-3,7H,4-5H2,(H,13,16)(H,14,17). The van der Waals surface area contributed by atoms with Crippen LogP contribution in [0, 0.1) is 4.77 Å². The van der Waals surface area contributed by atoms with Crippen LogP contribution >= 0.6 is 23.8 Å². The first-order valence-electron chi connectivity index (χ1n) is 5.31. The van der Waals surface area contributed by atoms with Crippen molar-refractivity contribution in [3.8, 4) is 0 Å². The maximum Gasteiger partial charge on any atom is 0.222 e. The number of rotatable bonds is 1. The highest BCUT2D eigenvalue weighted by atomic mass is 35.5. The summed E-state index contributed by atoms with van der Waals surface area (Å²) in [7, 11) is 0. The molecule has 1 fully saturated rings. The number of imidazole rings is 1. The van der Waals surface area contributed by atoms with Crippen LogP contribution in [0.2, 0.25) is 5.02 Å². The van der Waals surface area contributed by atoms with E-state index in [0.29, 0.717) is 22.8 Å². The third-order valence-corrected chi connectivity index (χ3v) is 3.53. The summed E-state index contributed by atoms with van der Waals surface area (Å²) in [5.74, 6) is 0.0696. The van der Waals surface area contributed by atoms with Crippen molar-refractivity contribution < 1.29 is 4.79 Å². The van der Waals surface area contributed by atoms with Gasteiger partial charge in [-0.1, -0.05) is 11.6 Å². The first kappa shape index (κ1) is 10.8. The average molecular weight is 268 g/mol. The Morgan fingerprint density at radius 2 is 2.29 bits per heavy atom. The minimum absolute atomic E-state index is 0.0696. The van der Waals surface area contributed by atoms with E-state index < -0.39 is 0 Å². The number of carbonyl (C=O) groups excluding carboxylic acids is 1. The van der Waals surface area contributed by atoms with Gasteiger partial charge in [0.05, 0.1) is 17.1 Å². The fraction of sp³-hybridized carbons (Fsp3) is 0.273. The summed E-state index contributed by atoms with van der Waals surface area (Å²) in [5.41, 5.74) is 1.89. The minimum atomic E-state index is 0.0696. The van der Waals surface area contributed by atoms with Crippen molar-refractivity contribution >= 4 is 40.8 Å². The van der Waals surface area contributed by atoms with Gasteiger partial charge in [0.2, 0.25) is 5.91 Å². The first-order valence-corrected chi connectivity index (χ1v) is 6.10. The Morgan fingerprint density at radius 1 is 1.47 bits per heavy atom. The van der Waals surface area contributed by atoms with E-state index in [-0.39, 0.29) is 11.9 Å². The Labute approximate surface area is 108 Å². The molecule has 4 nitrogen and oxygen atoms in total. The second-order valence-corrected chi connectivity index (χ2v) is 4.95. The van der Waals surface area contributed by atoms with Crippen LogP contribution in [0.3, 0.4) is 0 Å². The lowest BCUT2D eigenvalue weighted by Crippen LogP contribution is -2.15. The molecule has 0 saturated carbocycles.